The molecule has 0 aromatic heterocycles. The molecule has 1 fully saturated rings. The van der Waals surface area contributed by atoms with Crippen molar-refractivity contribution < 1.29 is 24.2 Å². The van der Waals surface area contributed by atoms with Crippen LogP contribution in [0.15, 0.2) is 12.1 Å². The minimum Gasteiger partial charge on any atom is -0.496 e. The molecule has 6 nitrogen and oxygen atoms in total. The van der Waals surface area contributed by atoms with E-state index >= 15 is 0 Å². The Hall–Kier alpha value is -2.24. The maximum Gasteiger partial charge on any atom is 0.411 e. The Kier molecular flexibility index (Phi) is 3.83. The van der Waals surface area contributed by atoms with Crippen LogP contribution in [0.1, 0.15) is 16.7 Å². The predicted octanol–water partition coefficient (Wildman–Crippen LogP) is 1.72. The summed E-state index contributed by atoms with van der Waals surface area (Å²) in [7, 11) is 1.55. The topological polar surface area (TPSA) is 76.1 Å². The van der Waals surface area contributed by atoms with Crippen molar-refractivity contribution in [1.82, 2.24) is 4.90 Å². The molecule has 0 spiro atoms. The van der Waals surface area contributed by atoms with E-state index in [1.54, 1.807) is 7.11 Å². The van der Waals surface area contributed by atoms with Gasteiger partial charge in [0.05, 0.1) is 13.7 Å². The Balaban J connectivity index is 2.31. The molecule has 1 atom stereocenters. The number of hydrogen-bond acceptors (Lipinski definition) is 4. The van der Waals surface area contributed by atoms with Gasteiger partial charge in [0.2, 0.25) is 0 Å². The number of carboxylic acid groups (broad SMARTS) is 1. The lowest BCUT2D eigenvalue weighted by Gasteiger charge is -2.20. The predicted molar refractivity (Wildman–Crippen MR) is 70.8 cm³/mol. The lowest BCUT2D eigenvalue weighted by atomic mass is 10.0. The molecule has 0 radical (unpaired) electrons. The number of carbonyl (C=O) groups is 2. The lowest BCUT2D eigenvalue weighted by molar-refractivity contribution is -0.141. The fourth-order valence-corrected chi connectivity index (χ4v) is 2.18. The second kappa shape index (κ2) is 5.40. The molecule has 2 rings (SSSR count). The number of benzene rings is 1. The van der Waals surface area contributed by atoms with Gasteiger partial charge in [-0.25, -0.2) is 9.59 Å². The van der Waals surface area contributed by atoms with Crippen LogP contribution in [0.3, 0.4) is 0 Å². The van der Waals surface area contributed by atoms with E-state index in [0.29, 0.717) is 5.75 Å². The van der Waals surface area contributed by atoms with Crippen LogP contribution < -0.4 is 4.74 Å². The molecule has 1 unspecified atom stereocenters. The molecule has 0 bridgehead atoms. The summed E-state index contributed by atoms with van der Waals surface area (Å²) >= 11 is 0. The maximum absolute atomic E-state index is 11.6. The molecular formula is C14H17NO5. The third-order valence-corrected chi connectivity index (χ3v) is 3.50. The Bertz CT molecular complexity index is 555. The summed E-state index contributed by atoms with van der Waals surface area (Å²) in [6.07, 6.45) is -0.613. The van der Waals surface area contributed by atoms with Gasteiger partial charge >= 0.3 is 12.1 Å². The number of amides is 1. The molecule has 0 saturated carbocycles. The third-order valence-electron chi connectivity index (χ3n) is 3.50. The highest BCUT2D eigenvalue weighted by Gasteiger charge is 2.38. The molecule has 1 N–H and O–H groups in total. The van der Waals surface area contributed by atoms with Gasteiger partial charge in [0, 0.05) is 5.56 Å². The molecule has 1 aromatic rings. The molecule has 1 amide bonds. The number of carbonyl (C=O) groups excluding carboxylic acids is 1. The molecule has 1 aromatic carbocycles. The number of methoxy groups -OCH3 is 1. The van der Waals surface area contributed by atoms with Crippen molar-refractivity contribution in [1.29, 1.82) is 0 Å². The van der Waals surface area contributed by atoms with Crippen LogP contribution in [0.5, 0.6) is 5.75 Å². The van der Waals surface area contributed by atoms with Crippen molar-refractivity contribution in [2.75, 3.05) is 13.7 Å². The second-order valence-electron chi connectivity index (χ2n) is 4.81. The first-order valence-corrected chi connectivity index (χ1v) is 6.24. The molecule has 1 saturated heterocycles. The van der Waals surface area contributed by atoms with E-state index in [1.165, 1.54) is 4.90 Å². The zero-order valence-electron chi connectivity index (χ0n) is 11.7. The normalized spacial score (nSPS) is 18.1. The number of ether oxygens (including phenoxy) is 2. The average molecular weight is 279 g/mol. The zero-order chi connectivity index (χ0) is 14.9. The first-order chi connectivity index (χ1) is 9.43. The smallest absolute Gasteiger partial charge is 0.411 e. The van der Waals surface area contributed by atoms with Crippen LogP contribution in [0.4, 0.5) is 4.79 Å². The quantitative estimate of drug-likeness (QED) is 0.908. The molecule has 20 heavy (non-hydrogen) atoms. The summed E-state index contributed by atoms with van der Waals surface area (Å²) in [6.45, 7) is 3.95. The molecule has 1 aliphatic rings. The van der Waals surface area contributed by atoms with Crippen molar-refractivity contribution in [2.24, 2.45) is 0 Å². The first kappa shape index (κ1) is 14.2. The van der Waals surface area contributed by atoms with E-state index < -0.39 is 18.1 Å². The van der Waals surface area contributed by atoms with Gasteiger partial charge in [-0.2, -0.15) is 0 Å². The summed E-state index contributed by atoms with van der Waals surface area (Å²) in [5, 5.41) is 9.10. The zero-order valence-corrected chi connectivity index (χ0v) is 11.7. The highest BCUT2D eigenvalue weighted by atomic mass is 16.6. The highest BCUT2D eigenvalue weighted by molar-refractivity contribution is 5.83. The van der Waals surface area contributed by atoms with Crippen LogP contribution in [0.2, 0.25) is 0 Å². The minimum atomic E-state index is -1.07. The Morgan fingerprint density at radius 1 is 1.45 bits per heavy atom. The molecule has 1 aliphatic heterocycles. The average Bonchev–Trinajstić information content (AvgIpc) is 2.75. The second-order valence-corrected chi connectivity index (χ2v) is 4.81. The summed E-state index contributed by atoms with van der Waals surface area (Å²) in [5.74, 6) is -0.435. The van der Waals surface area contributed by atoms with Gasteiger partial charge in [-0.05, 0) is 31.0 Å². The van der Waals surface area contributed by atoms with Gasteiger partial charge in [0.15, 0.2) is 6.04 Å². The number of nitrogens with zero attached hydrogens (tertiary/aromatic N) is 1. The van der Waals surface area contributed by atoms with Gasteiger partial charge in [0.25, 0.3) is 0 Å². The Morgan fingerprint density at radius 2 is 2.10 bits per heavy atom. The first-order valence-electron chi connectivity index (χ1n) is 6.24. The Morgan fingerprint density at radius 3 is 2.70 bits per heavy atom. The molecule has 0 aliphatic carbocycles. The standard InChI is InChI=1S/C14H17NO5/c1-8-4-10(12(19-3)5-9(8)2)6-15-11(13(16)17)7-20-14(15)18/h4-5,11H,6-7H2,1-3H3,(H,16,17). The SMILES string of the molecule is COc1cc(C)c(C)cc1CN1C(=O)OCC1C(=O)O. The minimum absolute atomic E-state index is 0.124. The van der Waals surface area contributed by atoms with Crippen LogP contribution in [0, 0.1) is 13.8 Å². The van der Waals surface area contributed by atoms with E-state index in [0.717, 1.165) is 16.7 Å². The molecule has 6 heteroatoms. The van der Waals surface area contributed by atoms with Gasteiger partial charge in [-0.3, -0.25) is 4.90 Å². The molecule has 108 valence electrons. The molecule has 1 heterocycles. The number of aryl methyl sites for hydroxylation is 2. The fourth-order valence-electron chi connectivity index (χ4n) is 2.18. The number of cyclic esters (lactones) is 1. The van der Waals surface area contributed by atoms with Crippen molar-refractivity contribution >= 4 is 12.1 Å². The Labute approximate surface area is 116 Å². The van der Waals surface area contributed by atoms with Gasteiger partial charge < -0.3 is 14.6 Å². The fraction of sp³-hybridized carbons (Fsp3) is 0.429. The van der Waals surface area contributed by atoms with Crippen LogP contribution in [0.25, 0.3) is 0 Å². The van der Waals surface area contributed by atoms with E-state index in [-0.39, 0.29) is 13.2 Å². The lowest BCUT2D eigenvalue weighted by Crippen LogP contribution is -2.38. The van der Waals surface area contributed by atoms with Crippen molar-refractivity contribution in [3.05, 3.63) is 28.8 Å². The van der Waals surface area contributed by atoms with Gasteiger partial charge in [-0.15, -0.1) is 0 Å². The monoisotopic (exact) mass is 279 g/mol. The highest BCUT2D eigenvalue weighted by Crippen LogP contribution is 2.26. The van der Waals surface area contributed by atoms with Crippen molar-refractivity contribution in [3.8, 4) is 5.75 Å². The number of aliphatic carboxylic acids is 1. The van der Waals surface area contributed by atoms with E-state index in [4.69, 9.17) is 14.6 Å². The largest absolute Gasteiger partial charge is 0.496 e. The van der Waals surface area contributed by atoms with Crippen LogP contribution >= 0.6 is 0 Å². The number of carboxylic acids is 1. The number of rotatable bonds is 4. The molecular weight excluding hydrogens is 262 g/mol. The summed E-state index contributed by atoms with van der Waals surface area (Å²) in [5.41, 5.74) is 2.89. The van der Waals surface area contributed by atoms with E-state index in [1.807, 2.05) is 26.0 Å². The van der Waals surface area contributed by atoms with E-state index in [9.17, 15) is 9.59 Å². The van der Waals surface area contributed by atoms with Gasteiger partial charge in [-0.1, -0.05) is 6.07 Å². The summed E-state index contributed by atoms with van der Waals surface area (Å²) in [4.78, 5) is 24.0. The number of hydrogen-bond donors (Lipinski definition) is 1. The van der Waals surface area contributed by atoms with Crippen molar-refractivity contribution in [3.63, 3.8) is 0 Å². The van der Waals surface area contributed by atoms with E-state index in [2.05, 4.69) is 0 Å². The summed E-state index contributed by atoms with van der Waals surface area (Å²) < 4.78 is 10.1. The summed E-state index contributed by atoms with van der Waals surface area (Å²) in [6, 6.07) is 2.83. The maximum atomic E-state index is 11.6. The van der Waals surface area contributed by atoms with Crippen LogP contribution in [-0.2, 0) is 16.1 Å². The van der Waals surface area contributed by atoms with Crippen molar-refractivity contribution in [2.45, 2.75) is 26.4 Å². The van der Waals surface area contributed by atoms with Gasteiger partial charge in [0.1, 0.15) is 12.4 Å². The van der Waals surface area contributed by atoms with Crippen LogP contribution in [-0.4, -0.2) is 41.8 Å². The third kappa shape index (κ3) is 2.54.